The molecule has 8 heteroatoms. The van der Waals surface area contributed by atoms with Gasteiger partial charge < -0.3 is 14.8 Å². The second kappa shape index (κ2) is 10.2. The summed E-state index contributed by atoms with van der Waals surface area (Å²) in [6.07, 6.45) is 0.754. The van der Waals surface area contributed by atoms with Crippen LogP contribution in [0.25, 0.3) is 11.3 Å². The van der Waals surface area contributed by atoms with Gasteiger partial charge in [0.2, 0.25) is 5.91 Å². The van der Waals surface area contributed by atoms with E-state index in [0.717, 1.165) is 22.7 Å². The van der Waals surface area contributed by atoms with Gasteiger partial charge in [-0.05, 0) is 42.8 Å². The van der Waals surface area contributed by atoms with Crippen molar-refractivity contribution in [2.45, 2.75) is 19.4 Å². The van der Waals surface area contributed by atoms with Crippen LogP contribution in [0.3, 0.4) is 0 Å². The number of amides is 2. The van der Waals surface area contributed by atoms with E-state index in [1.165, 1.54) is 10.5 Å². The molecule has 3 aromatic carbocycles. The number of fused-ring (bicyclic) bond motifs is 1. The number of hydrogen-bond acceptors (Lipinski definition) is 6. The number of carbonyl (C=O) groups excluding carboxylic acids is 2. The fourth-order valence-corrected chi connectivity index (χ4v) is 4.99. The van der Waals surface area contributed by atoms with Crippen LogP contribution in [0.5, 0.6) is 11.5 Å². The lowest BCUT2D eigenvalue weighted by molar-refractivity contribution is -0.125. The van der Waals surface area contributed by atoms with Crippen molar-refractivity contribution in [3.63, 3.8) is 0 Å². The van der Waals surface area contributed by atoms with Crippen LogP contribution in [-0.4, -0.2) is 36.6 Å². The number of rotatable bonds is 7. The van der Waals surface area contributed by atoms with Gasteiger partial charge in [-0.2, -0.15) is 0 Å². The van der Waals surface area contributed by atoms with Crippen molar-refractivity contribution in [3.8, 4) is 22.8 Å². The number of methoxy groups -OCH3 is 1. The summed E-state index contributed by atoms with van der Waals surface area (Å²) >= 11 is 1.59. The van der Waals surface area contributed by atoms with Crippen LogP contribution >= 0.6 is 11.3 Å². The standard InChI is InChI=1S/C28H25N3O4S/c1-18(28(33)30-21-10-6-7-11-24(21)34-2)31-23-15-20(12-13-25(23)35-16-27(31)32)22-17-36-26(29-22)14-19-8-4-3-5-9-19/h3-13,15,17-18H,14,16H2,1-2H3,(H,30,33). The Hall–Kier alpha value is -4.17. The van der Waals surface area contributed by atoms with Gasteiger partial charge in [0.05, 0.1) is 29.2 Å². The highest BCUT2D eigenvalue weighted by atomic mass is 32.1. The largest absolute Gasteiger partial charge is 0.495 e. The Labute approximate surface area is 213 Å². The Bertz CT molecular complexity index is 1400. The maximum Gasteiger partial charge on any atom is 0.265 e. The maximum absolute atomic E-state index is 13.2. The predicted molar refractivity (Wildman–Crippen MR) is 141 cm³/mol. The summed E-state index contributed by atoms with van der Waals surface area (Å²) in [5.74, 6) is 0.481. The molecule has 4 aromatic rings. The third-order valence-electron chi connectivity index (χ3n) is 6.02. The predicted octanol–water partition coefficient (Wildman–Crippen LogP) is 5.16. The first-order chi connectivity index (χ1) is 17.5. The number of aromatic nitrogens is 1. The number of anilines is 2. The first kappa shape index (κ1) is 23.6. The molecule has 0 saturated heterocycles. The molecule has 1 atom stereocenters. The minimum absolute atomic E-state index is 0.128. The molecule has 0 spiro atoms. The quantitative estimate of drug-likeness (QED) is 0.380. The van der Waals surface area contributed by atoms with Crippen molar-refractivity contribution < 1.29 is 19.1 Å². The molecule has 0 radical (unpaired) electrons. The molecule has 2 heterocycles. The molecule has 1 aliphatic rings. The van der Waals surface area contributed by atoms with Gasteiger partial charge in [-0.25, -0.2) is 4.98 Å². The molecule has 182 valence electrons. The van der Waals surface area contributed by atoms with Crippen LogP contribution in [0.15, 0.2) is 78.2 Å². The molecular weight excluding hydrogens is 474 g/mol. The molecule has 7 nitrogen and oxygen atoms in total. The highest BCUT2D eigenvalue weighted by Gasteiger charge is 2.33. The van der Waals surface area contributed by atoms with Crippen LogP contribution in [-0.2, 0) is 16.0 Å². The molecule has 1 aromatic heterocycles. The summed E-state index contributed by atoms with van der Waals surface area (Å²) in [4.78, 5) is 32.4. The van der Waals surface area contributed by atoms with Crippen LogP contribution < -0.4 is 19.7 Å². The van der Waals surface area contributed by atoms with Gasteiger partial charge in [0.15, 0.2) is 6.61 Å². The second-order valence-corrected chi connectivity index (χ2v) is 9.33. The minimum atomic E-state index is -0.774. The number of nitrogens with zero attached hydrogens (tertiary/aromatic N) is 2. The number of nitrogens with one attached hydrogen (secondary N) is 1. The Kier molecular flexibility index (Phi) is 6.69. The maximum atomic E-state index is 13.2. The van der Waals surface area contributed by atoms with Crippen molar-refractivity contribution in [1.82, 2.24) is 4.98 Å². The fourth-order valence-electron chi connectivity index (χ4n) is 4.15. The highest BCUT2D eigenvalue weighted by Crippen LogP contribution is 2.38. The van der Waals surface area contributed by atoms with E-state index in [4.69, 9.17) is 14.5 Å². The molecular formula is C28H25N3O4S. The number of benzene rings is 3. The molecule has 5 rings (SSSR count). The van der Waals surface area contributed by atoms with Gasteiger partial charge in [-0.3, -0.25) is 14.5 Å². The van der Waals surface area contributed by atoms with Crippen LogP contribution in [0.2, 0.25) is 0 Å². The first-order valence-corrected chi connectivity index (χ1v) is 12.4. The topological polar surface area (TPSA) is 80.8 Å². The number of thiazole rings is 1. The Balaban J connectivity index is 1.40. The number of hydrogen-bond donors (Lipinski definition) is 1. The summed E-state index contributed by atoms with van der Waals surface area (Å²) in [5.41, 5.74) is 3.95. The zero-order chi connectivity index (χ0) is 25.1. The van der Waals surface area contributed by atoms with Gasteiger partial charge in [0.25, 0.3) is 5.91 Å². The number of ether oxygens (including phenoxy) is 2. The summed E-state index contributed by atoms with van der Waals surface area (Å²) in [7, 11) is 1.54. The molecule has 0 bridgehead atoms. The molecule has 1 aliphatic heterocycles. The van der Waals surface area contributed by atoms with E-state index in [2.05, 4.69) is 17.4 Å². The lowest BCUT2D eigenvalue weighted by atomic mass is 10.1. The molecule has 1 unspecified atom stereocenters. The molecule has 36 heavy (non-hydrogen) atoms. The van der Waals surface area contributed by atoms with Crippen molar-refractivity contribution in [3.05, 3.63) is 88.7 Å². The summed E-state index contributed by atoms with van der Waals surface area (Å²) < 4.78 is 11.0. The summed E-state index contributed by atoms with van der Waals surface area (Å²) in [6.45, 7) is 1.57. The Morgan fingerprint density at radius 2 is 1.92 bits per heavy atom. The van der Waals surface area contributed by atoms with Gasteiger partial charge in [-0.1, -0.05) is 42.5 Å². The van der Waals surface area contributed by atoms with Crippen LogP contribution in [0.4, 0.5) is 11.4 Å². The van der Waals surface area contributed by atoms with E-state index in [0.29, 0.717) is 22.9 Å². The van der Waals surface area contributed by atoms with E-state index in [-0.39, 0.29) is 18.4 Å². The van der Waals surface area contributed by atoms with Gasteiger partial charge in [-0.15, -0.1) is 11.3 Å². The smallest absolute Gasteiger partial charge is 0.265 e. The van der Waals surface area contributed by atoms with E-state index >= 15 is 0 Å². The normalized spacial score (nSPS) is 13.5. The average molecular weight is 500 g/mol. The van der Waals surface area contributed by atoms with Crippen molar-refractivity contribution in [1.29, 1.82) is 0 Å². The van der Waals surface area contributed by atoms with Crippen molar-refractivity contribution >= 4 is 34.5 Å². The molecule has 2 amide bonds. The lowest BCUT2D eigenvalue weighted by Crippen LogP contribution is -2.49. The Morgan fingerprint density at radius 1 is 1.14 bits per heavy atom. The number of carbonyl (C=O) groups is 2. The molecule has 0 aliphatic carbocycles. The zero-order valence-corrected chi connectivity index (χ0v) is 20.7. The summed E-state index contributed by atoms with van der Waals surface area (Å²) in [6, 6.07) is 22.2. The third kappa shape index (κ3) is 4.81. The van der Waals surface area contributed by atoms with Crippen LogP contribution in [0.1, 0.15) is 17.5 Å². The van der Waals surface area contributed by atoms with E-state index in [1.807, 2.05) is 53.9 Å². The van der Waals surface area contributed by atoms with E-state index in [9.17, 15) is 9.59 Å². The lowest BCUT2D eigenvalue weighted by Gasteiger charge is -2.33. The highest BCUT2D eigenvalue weighted by molar-refractivity contribution is 7.10. The number of para-hydroxylation sites is 2. The average Bonchev–Trinajstić information content (AvgIpc) is 3.37. The van der Waals surface area contributed by atoms with Gasteiger partial charge in [0, 0.05) is 17.4 Å². The van der Waals surface area contributed by atoms with Crippen molar-refractivity contribution in [2.75, 3.05) is 23.9 Å². The monoisotopic (exact) mass is 499 g/mol. The van der Waals surface area contributed by atoms with Gasteiger partial charge >= 0.3 is 0 Å². The van der Waals surface area contributed by atoms with Crippen molar-refractivity contribution in [2.24, 2.45) is 0 Å². The zero-order valence-electron chi connectivity index (χ0n) is 19.9. The summed E-state index contributed by atoms with van der Waals surface area (Å²) in [5, 5.41) is 5.88. The SMILES string of the molecule is COc1ccccc1NC(=O)C(C)N1C(=O)COc2ccc(-c3csc(Cc4ccccc4)n3)cc21. The molecule has 0 fully saturated rings. The molecule has 0 saturated carbocycles. The molecule has 1 N–H and O–H groups in total. The van der Waals surface area contributed by atoms with Gasteiger partial charge in [0.1, 0.15) is 17.5 Å². The van der Waals surface area contributed by atoms with E-state index in [1.54, 1.807) is 37.5 Å². The van der Waals surface area contributed by atoms with E-state index < -0.39 is 6.04 Å². The Morgan fingerprint density at radius 3 is 2.72 bits per heavy atom. The van der Waals surface area contributed by atoms with Crippen LogP contribution in [0, 0.1) is 0 Å². The first-order valence-electron chi connectivity index (χ1n) is 11.5. The fraction of sp³-hybridized carbons (Fsp3) is 0.179. The third-order valence-corrected chi connectivity index (χ3v) is 6.86. The second-order valence-electron chi connectivity index (χ2n) is 8.39. The minimum Gasteiger partial charge on any atom is -0.495 e.